The summed E-state index contributed by atoms with van der Waals surface area (Å²) in [6, 6.07) is 9.47. The van der Waals surface area contributed by atoms with Gasteiger partial charge >= 0.3 is 5.97 Å². The van der Waals surface area contributed by atoms with Crippen molar-refractivity contribution in [3.63, 3.8) is 0 Å². The zero-order valence-electron chi connectivity index (χ0n) is 11.7. The van der Waals surface area contributed by atoms with Crippen molar-refractivity contribution in [1.82, 2.24) is 0 Å². The molecule has 2 aromatic carbocycles. The molecule has 0 aliphatic rings. The van der Waals surface area contributed by atoms with Crippen LogP contribution < -0.4 is 5.32 Å². The van der Waals surface area contributed by atoms with E-state index in [4.69, 9.17) is 5.11 Å². The molecule has 0 amide bonds. The van der Waals surface area contributed by atoms with Crippen molar-refractivity contribution in [2.45, 2.75) is 19.9 Å². The van der Waals surface area contributed by atoms with Crippen molar-refractivity contribution in [3.05, 3.63) is 63.4 Å². The maximum atomic E-state index is 13.9. The predicted octanol–water partition coefficient (Wildman–Crippen LogP) is 4.77. The molecule has 1 unspecified atom stereocenters. The van der Waals surface area contributed by atoms with Gasteiger partial charge in [0, 0.05) is 15.7 Å². The molecule has 0 aromatic heterocycles. The second kappa shape index (κ2) is 6.26. The Morgan fingerprint density at radius 3 is 2.71 bits per heavy atom. The maximum absolute atomic E-state index is 13.9. The molecule has 0 aliphatic carbocycles. The highest BCUT2D eigenvalue weighted by atomic mass is 79.9. The van der Waals surface area contributed by atoms with E-state index >= 15 is 0 Å². The number of carbonyl (C=O) groups is 1. The van der Waals surface area contributed by atoms with Crippen LogP contribution in [0.3, 0.4) is 0 Å². The third-order valence-electron chi connectivity index (χ3n) is 3.36. The van der Waals surface area contributed by atoms with E-state index < -0.39 is 5.97 Å². The number of anilines is 1. The number of carboxylic acids is 1. The van der Waals surface area contributed by atoms with Crippen LogP contribution in [0.2, 0.25) is 0 Å². The second-order valence-electron chi connectivity index (χ2n) is 4.82. The van der Waals surface area contributed by atoms with Crippen molar-refractivity contribution in [2.24, 2.45) is 0 Å². The molecule has 0 radical (unpaired) electrons. The van der Waals surface area contributed by atoms with Gasteiger partial charge in [0.1, 0.15) is 5.82 Å². The third-order valence-corrected chi connectivity index (χ3v) is 3.85. The molecule has 5 heteroatoms. The predicted molar refractivity (Wildman–Crippen MR) is 84.3 cm³/mol. The minimum Gasteiger partial charge on any atom is -0.478 e. The molecule has 0 aliphatic heterocycles. The molecule has 110 valence electrons. The molecular weight excluding hydrogens is 337 g/mol. The number of carboxylic acid groups (broad SMARTS) is 1. The lowest BCUT2D eigenvalue weighted by Gasteiger charge is -2.19. The number of hydrogen-bond donors (Lipinski definition) is 2. The summed E-state index contributed by atoms with van der Waals surface area (Å²) in [5.41, 5.74) is 2.07. The number of halogens is 2. The van der Waals surface area contributed by atoms with Crippen LogP contribution in [0, 0.1) is 12.7 Å². The van der Waals surface area contributed by atoms with Gasteiger partial charge in [0.2, 0.25) is 0 Å². The Morgan fingerprint density at radius 2 is 2.05 bits per heavy atom. The molecule has 0 saturated carbocycles. The zero-order chi connectivity index (χ0) is 15.6. The first-order chi connectivity index (χ1) is 9.90. The van der Waals surface area contributed by atoms with Gasteiger partial charge in [-0.05, 0) is 49.7 Å². The minimum absolute atomic E-state index is 0.238. The summed E-state index contributed by atoms with van der Waals surface area (Å²) in [4.78, 5) is 11.1. The van der Waals surface area contributed by atoms with Crippen LogP contribution in [0.25, 0.3) is 0 Å². The van der Waals surface area contributed by atoms with E-state index in [1.54, 1.807) is 37.3 Å². The third kappa shape index (κ3) is 3.42. The van der Waals surface area contributed by atoms with Crippen LogP contribution in [0.1, 0.15) is 34.5 Å². The highest BCUT2D eigenvalue weighted by Crippen LogP contribution is 2.27. The number of aromatic carboxylic acids is 1. The zero-order valence-corrected chi connectivity index (χ0v) is 13.2. The van der Waals surface area contributed by atoms with Gasteiger partial charge in [-0.15, -0.1) is 0 Å². The fourth-order valence-electron chi connectivity index (χ4n) is 2.18. The summed E-state index contributed by atoms with van der Waals surface area (Å²) in [5, 5.41) is 12.3. The van der Waals surface area contributed by atoms with Crippen molar-refractivity contribution in [1.29, 1.82) is 0 Å². The van der Waals surface area contributed by atoms with Gasteiger partial charge in [0.05, 0.1) is 11.6 Å². The Balaban J connectivity index is 2.32. The summed E-state index contributed by atoms with van der Waals surface area (Å²) in [7, 11) is 0. The van der Waals surface area contributed by atoms with E-state index in [0.717, 1.165) is 4.47 Å². The Labute approximate surface area is 130 Å². The van der Waals surface area contributed by atoms with E-state index in [1.165, 1.54) is 6.07 Å². The van der Waals surface area contributed by atoms with Gasteiger partial charge in [-0.25, -0.2) is 9.18 Å². The Morgan fingerprint density at radius 1 is 1.33 bits per heavy atom. The van der Waals surface area contributed by atoms with Crippen molar-refractivity contribution >= 4 is 27.6 Å². The number of benzene rings is 2. The molecule has 0 fully saturated rings. The average Bonchev–Trinajstić information content (AvgIpc) is 2.43. The summed E-state index contributed by atoms with van der Waals surface area (Å²) >= 11 is 3.32. The fraction of sp³-hybridized carbons (Fsp3) is 0.188. The Hall–Kier alpha value is -1.88. The quantitative estimate of drug-likeness (QED) is 0.834. The standard InChI is InChI=1S/C16H15BrFNO2/c1-9-12(16(20)21)4-3-5-15(9)19-10(2)13-8-11(17)6-7-14(13)18/h3-8,10,19H,1-2H3,(H,20,21). The molecule has 0 spiro atoms. The molecule has 0 bridgehead atoms. The highest BCUT2D eigenvalue weighted by Gasteiger charge is 2.15. The molecule has 2 rings (SSSR count). The minimum atomic E-state index is -0.975. The summed E-state index contributed by atoms with van der Waals surface area (Å²) < 4.78 is 14.7. The highest BCUT2D eigenvalue weighted by molar-refractivity contribution is 9.10. The molecule has 3 nitrogen and oxygen atoms in total. The first-order valence-corrected chi connectivity index (χ1v) is 7.24. The lowest BCUT2D eigenvalue weighted by Crippen LogP contribution is -2.11. The molecule has 2 aromatic rings. The van der Waals surface area contributed by atoms with Crippen LogP contribution >= 0.6 is 15.9 Å². The van der Waals surface area contributed by atoms with Crippen molar-refractivity contribution < 1.29 is 14.3 Å². The molecule has 0 heterocycles. The number of hydrogen-bond acceptors (Lipinski definition) is 2. The molecule has 21 heavy (non-hydrogen) atoms. The van der Waals surface area contributed by atoms with E-state index in [0.29, 0.717) is 16.8 Å². The fourth-order valence-corrected chi connectivity index (χ4v) is 2.56. The Bertz CT molecular complexity index is 688. The molecule has 0 saturated heterocycles. The summed E-state index contributed by atoms with van der Waals surface area (Å²) in [5.74, 6) is -1.28. The topological polar surface area (TPSA) is 49.3 Å². The average molecular weight is 352 g/mol. The van der Waals surface area contributed by atoms with Gasteiger partial charge in [-0.1, -0.05) is 22.0 Å². The number of nitrogens with one attached hydrogen (secondary N) is 1. The summed E-state index contributed by atoms with van der Waals surface area (Å²) in [6.45, 7) is 3.56. The van der Waals surface area contributed by atoms with Gasteiger partial charge < -0.3 is 10.4 Å². The smallest absolute Gasteiger partial charge is 0.336 e. The Kier molecular flexibility index (Phi) is 4.63. The van der Waals surface area contributed by atoms with Crippen LogP contribution in [0.5, 0.6) is 0 Å². The molecule has 2 N–H and O–H groups in total. The largest absolute Gasteiger partial charge is 0.478 e. The van der Waals surface area contributed by atoms with E-state index in [2.05, 4.69) is 21.2 Å². The van der Waals surface area contributed by atoms with Gasteiger partial charge in [0.25, 0.3) is 0 Å². The van der Waals surface area contributed by atoms with Crippen molar-refractivity contribution in [2.75, 3.05) is 5.32 Å². The van der Waals surface area contributed by atoms with Crippen LogP contribution in [0.4, 0.5) is 10.1 Å². The van der Waals surface area contributed by atoms with E-state index in [9.17, 15) is 9.18 Å². The normalized spacial score (nSPS) is 12.0. The SMILES string of the molecule is Cc1c(NC(C)c2cc(Br)ccc2F)cccc1C(=O)O. The van der Waals surface area contributed by atoms with E-state index in [1.807, 2.05) is 6.92 Å². The lowest BCUT2D eigenvalue weighted by atomic mass is 10.0. The summed E-state index contributed by atoms with van der Waals surface area (Å²) in [6.07, 6.45) is 0. The lowest BCUT2D eigenvalue weighted by molar-refractivity contribution is 0.0696. The molecular formula is C16H15BrFNO2. The molecule has 1 atom stereocenters. The van der Waals surface area contributed by atoms with E-state index in [-0.39, 0.29) is 17.4 Å². The monoisotopic (exact) mass is 351 g/mol. The van der Waals surface area contributed by atoms with Crippen LogP contribution in [-0.4, -0.2) is 11.1 Å². The van der Waals surface area contributed by atoms with Gasteiger partial charge in [-0.3, -0.25) is 0 Å². The number of rotatable bonds is 4. The first kappa shape index (κ1) is 15.5. The van der Waals surface area contributed by atoms with Crippen LogP contribution in [0.15, 0.2) is 40.9 Å². The van der Waals surface area contributed by atoms with Crippen molar-refractivity contribution in [3.8, 4) is 0 Å². The van der Waals surface area contributed by atoms with Crippen LogP contribution in [-0.2, 0) is 0 Å². The maximum Gasteiger partial charge on any atom is 0.336 e. The first-order valence-electron chi connectivity index (χ1n) is 6.44. The van der Waals surface area contributed by atoms with Gasteiger partial charge in [-0.2, -0.15) is 0 Å². The second-order valence-corrected chi connectivity index (χ2v) is 5.73. The van der Waals surface area contributed by atoms with Gasteiger partial charge in [0.15, 0.2) is 0 Å².